The van der Waals surface area contributed by atoms with Crippen molar-refractivity contribution in [2.45, 2.75) is 32.1 Å². The third kappa shape index (κ3) is 7.42. The van der Waals surface area contributed by atoms with Gasteiger partial charge in [-0.1, -0.05) is 6.42 Å². The van der Waals surface area contributed by atoms with Crippen molar-refractivity contribution in [1.29, 1.82) is 10.8 Å². The highest BCUT2D eigenvalue weighted by atomic mass is 16.4. The summed E-state index contributed by atoms with van der Waals surface area (Å²) in [5.74, 6) is -0.0580. The van der Waals surface area contributed by atoms with E-state index in [0.717, 1.165) is 6.42 Å². The Balaban J connectivity index is 0.869. The fourth-order valence-corrected chi connectivity index (χ4v) is 6.31. The van der Waals surface area contributed by atoms with Gasteiger partial charge in [-0.2, -0.15) is 0 Å². The first-order valence-electron chi connectivity index (χ1n) is 16.5. The van der Waals surface area contributed by atoms with E-state index in [4.69, 9.17) is 31.1 Å². The number of amides is 4. The van der Waals surface area contributed by atoms with Crippen LogP contribution in [-0.2, 0) is 9.59 Å². The van der Waals surface area contributed by atoms with Crippen LogP contribution in [0.2, 0.25) is 0 Å². The van der Waals surface area contributed by atoms with E-state index in [2.05, 4.69) is 0 Å². The highest BCUT2D eigenvalue weighted by molar-refractivity contribution is 6.02. The predicted molar refractivity (Wildman–Crippen MR) is 183 cm³/mol. The maximum absolute atomic E-state index is 13.0. The first-order chi connectivity index (χ1) is 23.6. The second kappa shape index (κ2) is 14.2. The number of piperazine rings is 2. The second-order valence-electron chi connectivity index (χ2n) is 12.5. The largest absolute Gasteiger partial charge is 0.451 e. The SMILES string of the molecule is N=C(N)c1ccc2oc(C(=O)N3CCN(C(=O)CCCCCC(=O)N4CCN(C(=O)c5cc6cc(C(=N)N)ccc6o5)CC4)CC3)cc2c1. The lowest BCUT2D eigenvalue weighted by Gasteiger charge is -2.34. The van der Waals surface area contributed by atoms with E-state index >= 15 is 0 Å². The number of nitrogens with one attached hydrogen (secondary N) is 2. The molecule has 0 spiro atoms. The Labute approximate surface area is 282 Å². The average Bonchev–Trinajstić information content (AvgIpc) is 3.74. The van der Waals surface area contributed by atoms with Gasteiger partial charge in [0.05, 0.1) is 0 Å². The van der Waals surface area contributed by atoms with E-state index in [1.165, 1.54) is 0 Å². The lowest BCUT2D eigenvalue weighted by molar-refractivity contribution is -0.133. The maximum atomic E-state index is 13.0. The molecule has 256 valence electrons. The number of carbonyl (C=O) groups is 4. The van der Waals surface area contributed by atoms with Gasteiger partial charge in [0.1, 0.15) is 22.8 Å². The van der Waals surface area contributed by atoms with E-state index in [0.29, 0.717) is 111 Å². The van der Waals surface area contributed by atoms with E-state index < -0.39 is 0 Å². The Morgan fingerprint density at radius 1 is 0.551 bits per heavy atom. The zero-order valence-electron chi connectivity index (χ0n) is 27.2. The third-order valence-corrected chi connectivity index (χ3v) is 9.20. The van der Waals surface area contributed by atoms with Crippen molar-refractivity contribution in [3.05, 3.63) is 71.2 Å². The minimum Gasteiger partial charge on any atom is -0.451 e. The standard InChI is InChI=1S/C35H40N8O6/c36-32(37)22-6-8-26-24(18-22)20-28(48-26)34(46)42-14-10-40(11-15-42)30(44)4-2-1-3-5-31(45)41-12-16-43(17-13-41)35(47)29-21-25-19-23(33(38)39)7-9-27(25)49-29/h6-9,18-21H,1-5,10-17H2,(H3,36,37)(H3,38,39). The molecule has 0 atom stereocenters. The smallest absolute Gasteiger partial charge is 0.289 e. The molecule has 49 heavy (non-hydrogen) atoms. The molecule has 2 aliphatic rings. The molecule has 4 aromatic rings. The number of benzene rings is 2. The number of nitrogen functional groups attached to an aromatic ring is 2. The van der Waals surface area contributed by atoms with Crippen molar-refractivity contribution in [1.82, 2.24) is 19.6 Å². The molecule has 0 radical (unpaired) electrons. The molecule has 6 N–H and O–H groups in total. The molecule has 2 fully saturated rings. The van der Waals surface area contributed by atoms with Gasteiger partial charge in [-0.15, -0.1) is 0 Å². The van der Waals surface area contributed by atoms with Gasteiger partial charge in [0.15, 0.2) is 11.5 Å². The minimum atomic E-state index is -0.235. The lowest BCUT2D eigenvalue weighted by Crippen LogP contribution is -2.50. The van der Waals surface area contributed by atoms with Crippen LogP contribution in [0.25, 0.3) is 21.9 Å². The third-order valence-electron chi connectivity index (χ3n) is 9.20. The summed E-state index contributed by atoms with van der Waals surface area (Å²) in [4.78, 5) is 58.6. The number of nitrogens with zero attached hydrogens (tertiary/aromatic N) is 4. The molecule has 14 nitrogen and oxygen atoms in total. The summed E-state index contributed by atoms with van der Waals surface area (Å²) < 4.78 is 11.5. The molecule has 6 rings (SSSR count). The van der Waals surface area contributed by atoms with Crippen LogP contribution in [0.1, 0.15) is 64.3 Å². The molecular formula is C35H40N8O6. The minimum absolute atomic E-state index is 0.0449. The zero-order chi connectivity index (χ0) is 34.7. The first kappa shape index (κ1) is 33.2. The van der Waals surface area contributed by atoms with E-state index in [9.17, 15) is 19.2 Å². The molecule has 0 unspecified atom stereocenters. The summed E-state index contributed by atoms with van der Waals surface area (Å²) in [5, 5.41) is 16.6. The topological polar surface area (TPSA) is 207 Å². The number of nitrogens with two attached hydrogens (primary N) is 2. The highest BCUT2D eigenvalue weighted by Gasteiger charge is 2.28. The zero-order valence-corrected chi connectivity index (χ0v) is 27.2. The summed E-state index contributed by atoms with van der Waals surface area (Å²) in [6.45, 7) is 3.43. The molecule has 4 heterocycles. The Hall–Kier alpha value is -5.66. The Morgan fingerprint density at radius 3 is 1.29 bits per heavy atom. The fourth-order valence-electron chi connectivity index (χ4n) is 6.31. The molecule has 2 aromatic carbocycles. The quantitative estimate of drug-likeness (QED) is 0.112. The Morgan fingerprint density at radius 2 is 0.918 bits per heavy atom. The van der Waals surface area contributed by atoms with Gasteiger partial charge >= 0.3 is 0 Å². The Kier molecular flexibility index (Phi) is 9.65. The molecule has 0 aliphatic carbocycles. The lowest BCUT2D eigenvalue weighted by atomic mass is 10.1. The number of amidine groups is 2. The van der Waals surface area contributed by atoms with Gasteiger partial charge in [-0.25, -0.2) is 0 Å². The Bertz CT molecular complexity index is 1790. The molecule has 0 bridgehead atoms. The predicted octanol–water partition coefficient (Wildman–Crippen LogP) is 2.97. The summed E-state index contributed by atoms with van der Waals surface area (Å²) in [5.41, 5.74) is 13.3. The van der Waals surface area contributed by atoms with Crippen LogP contribution in [0, 0.1) is 10.8 Å². The second-order valence-corrected chi connectivity index (χ2v) is 12.5. The van der Waals surface area contributed by atoms with Gasteiger partial charge in [-0.05, 0) is 61.4 Å². The van der Waals surface area contributed by atoms with E-state index in [1.807, 2.05) is 0 Å². The van der Waals surface area contributed by atoms with Gasteiger partial charge in [0, 0.05) is 87.1 Å². The number of furan rings is 2. The van der Waals surface area contributed by atoms with Crippen LogP contribution in [0.3, 0.4) is 0 Å². The van der Waals surface area contributed by atoms with Crippen molar-refractivity contribution in [2.75, 3.05) is 52.4 Å². The van der Waals surface area contributed by atoms with Crippen molar-refractivity contribution in [3.8, 4) is 0 Å². The molecular weight excluding hydrogens is 628 g/mol. The molecule has 2 aromatic heterocycles. The number of fused-ring (bicyclic) bond motifs is 2. The highest BCUT2D eigenvalue weighted by Crippen LogP contribution is 2.24. The van der Waals surface area contributed by atoms with Crippen molar-refractivity contribution < 1.29 is 28.0 Å². The van der Waals surface area contributed by atoms with Gasteiger partial charge < -0.3 is 39.9 Å². The van der Waals surface area contributed by atoms with Crippen molar-refractivity contribution >= 4 is 57.2 Å². The monoisotopic (exact) mass is 668 g/mol. The van der Waals surface area contributed by atoms with Crippen LogP contribution in [-0.4, -0.2) is 107 Å². The van der Waals surface area contributed by atoms with Crippen LogP contribution in [0.15, 0.2) is 57.4 Å². The normalized spacial score (nSPS) is 15.2. The van der Waals surface area contributed by atoms with Crippen LogP contribution >= 0.6 is 0 Å². The van der Waals surface area contributed by atoms with Gasteiger partial charge in [0.2, 0.25) is 11.8 Å². The number of unbranched alkanes of at least 4 members (excludes halogenated alkanes) is 2. The first-order valence-corrected chi connectivity index (χ1v) is 16.5. The van der Waals surface area contributed by atoms with Crippen LogP contribution in [0.4, 0.5) is 0 Å². The maximum Gasteiger partial charge on any atom is 0.289 e. The number of carbonyl (C=O) groups excluding carboxylic acids is 4. The number of rotatable bonds is 10. The summed E-state index contributed by atoms with van der Waals surface area (Å²) in [6, 6.07) is 13.5. The number of hydrogen-bond donors (Lipinski definition) is 4. The van der Waals surface area contributed by atoms with Gasteiger partial charge in [0.25, 0.3) is 11.8 Å². The molecule has 14 heteroatoms. The summed E-state index contributed by atoms with van der Waals surface area (Å²) >= 11 is 0. The molecule has 4 amide bonds. The fraction of sp³-hybridized carbons (Fsp3) is 0.371. The average molecular weight is 669 g/mol. The molecule has 2 saturated heterocycles. The van der Waals surface area contributed by atoms with Crippen molar-refractivity contribution in [3.63, 3.8) is 0 Å². The summed E-state index contributed by atoms with van der Waals surface area (Å²) in [6.07, 6.45) is 2.90. The van der Waals surface area contributed by atoms with Crippen LogP contribution < -0.4 is 11.5 Å². The number of hydrogen-bond acceptors (Lipinski definition) is 8. The van der Waals surface area contributed by atoms with Crippen LogP contribution in [0.5, 0.6) is 0 Å². The van der Waals surface area contributed by atoms with Crippen molar-refractivity contribution in [2.24, 2.45) is 11.5 Å². The van der Waals surface area contributed by atoms with Gasteiger partial charge in [-0.3, -0.25) is 30.0 Å². The molecule has 0 saturated carbocycles. The molecule has 2 aliphatic heterocycles. The summed E-state index contributed by atoms with van der Waals surface area (Å²) in [7, 11) is 0. The van der Waals surface area contributed by atoms with E-state index in [-0.39, 0.29) is 46.8 Å². The van der Waals surface area contributed by atoms with E-state index in [1.54, 1.807) is 68.1 Å².